The van der Waals surface area contributed by atoms with Crippen LogP contribution in [0.4, 0.5) is 0 Å². The maximum Gasteiger partial charge on any atom is 0.291 e. The number of nitrogens with zero attached hydrogens (tertiary/aromatic N) is 3. The third-order valence-electron chi connectivity index (χ3n) is 5.42. The fourth-order valence-corrected chi connectivity index (χ4v) is 3.53. The maximum absolute atomic E-state index is 13.1. The molecule has 0 radical (unpaired) electrons. The third-order valence-corrected chi connectivity index (χ3v) is 5.42. The van der Waals surface area contributed by atoms with E-state index in [4.69, 9.17) is 4.74 Å². The Labute approximate surface area is 169 Å². The predicted octanol–water partition coefficient (Wildman–Crippen LogP) is 2.33. The summed E-state index contributed by atoms with van der Waals surface area (Å²) < 4.78 is 8.30. The molecule has 2 aromatic heterocycles. The fourth-order valence-electron chi connectivity index (χ4n) is 3.53. The molecule has 2 aliphatic rings. The van der Waals surface area contributed by atoms with Gasteiger partial charge in [-0.1, -0.05) is 26.8 Å². The number of carbonyl (C=O) groups is 1. The molecule has 2 N–H and O–H groups in total. The highest BCUT2D eigenvalue weighted by Crippen LogP contribution is 2.30. The lowest BCUT2D eigenvalue weighted by Crippen LogP contribution is -2.34. The van der Waals surface area contributed by atoms with Crippen LogP contribution in [0, 0.1) is 5.41 Å². The zero-order valence-corrected chi connectivity index (χ0v) is 17.2. The van der Waals surface area contributed by atoms with Crippen molar-refractivity contribution in [2.45, 2.75) is 59.0 Å². The van der Waals surface area contributed by atoms with E-state index in [9.17, 15) is 14.7 Å². The third kappa shape index (κ3) is 3.94. The Bertz CT molecular complexity index is 1040. The summed E-state index contributed by atoms with van der Waals surface area (Å²) in [7, 11) is 0. The van der Waals surface area contributed by atoms with Gasteiger partial charge in [-0.05, 0) is 36.7 Å². The zero-order chi connectivity index (χ0) is 20.8. The van der Waals surface area contributed by atoms with Crippen molar-refractivity contribution in [2.75, 3.05) is 13.2 Å². The van der Waals surface area contributed by atoms with E-state index in [-0.39, 0.29) is 22.9 Å². The summed E-state index contributed by atoms with van der Waals surface area (Å²) in [5, 5.41) is 18.1. The lowest BCUT2D eigenvalue weighted by Gasteiger charge is -2.22. The van der Waals surface area contributed by atoms with E-state index in [1.54, 1.807) is 10.8 Å². The molecule has 1 aliphatic carbocycles. The predicted molar refractivity (Wildman–Crippen MR) is 109 cm³/mol. The normalized spacial score (nSPS) is 17.4. The number of hydrogen-bond acceptors (Lipinski definition) is 5. The Hall–Kier alpha value is -2.61. The molecule has 29 heavy (non-hydrogen) atoms. The topological polar surface area (TPSA) is 97.9 Å². The van der Waals surface area contributed by atoms with Crippen LogP contribution in [-0.4, -0.2) is 44.5 Å². The van der Waals surface area contributed by atoms with Crippen molar-refractivity contribution in [1.82, 2.24) is 19.5 Å². The number of carbonyl (C=O) groups excluding carboxylic acids is 1. The molecule has 0 unspecified atom stereocenters. The maximum atomic E-state index is 13.1. The van der Waals surface area contributed by atoms with Crippen molar-refractivity contribution in [3.8, 4) is 5.88 Å². The molecule has 0 aromatic carbocycles. The number of rotatable bonds is 5. The van der Waals surface area contributed by atoms with Crippen molar-refractivity contribution in [2.24, 2.45) is 5.41 Å². The fraction of sp³-hybridized carbons (Fsp3) is 0.571. The van der Waals surface area contributed by atoms with Crippen LogP contribution in [0.1, 0.15) is 62.4 Å². The van der Waals surface area contributed by atoms with Gasteiger partial charge in [0.2, 0.25) is 5.88 Å². The second-order valence-corrected chi connectivity index (χ2v) is 9.06. The summed E-state index contributed by atoms with van der Waals surface area (Å²) in [6, 6.07) is 0.0839. The van der Waals surface area contributed by atoms with E-state index in [1.165, 1.54) is 4.52 Å². The number of aromatic nitrogens is 3. The number of aryl methyl sites for hydroxylation is 1. The van der Waals surface area contributed by atoms with Crippen molar-refractivity contribution >= 4 is 17.1 Å². The molecule has 2 aromatic rings. The first-order valence-corrected chi connectivity index (χ1v) is 10.2. The Morgan fingerprint density at radius 2 is 2.14 bits per heavy atom. The van der Waals surface area contributed by atoms with Gasteiger partial charge >= 0.3 is 0 Å². The smallest absolute Gasteiger partial charge is 0.291 e. The minimum Gasteiger partial charge on any atom is -0.494 e. The van der Waals surface area contributed by atoms with Gasteiger partial charge in [-0.2, -0.15) is 9.61 Å². The van der Waals surface area contributed by atoms with E-state index in [1.807, 2.05) is 6.08 Å². The summed E-state index contributed by atoms with van der Waals surface area (Å²) >= 11 is 0. The van der Waals surface area contributed by atoms with Crippen molar-refractivity contribution in [3.05, 3.63) is 33.8 Å². The van der Waals surface area contributed by atoms with E-state index >= 15 is 0 Å². The molecule has 3 heterocycles. The van der Waals surface area contributed by atoms with Crippen LogP contribution in [0.2, 0.25) is 0 Å². The highest BCUT2D eigenvalue weighted by Gasteiger charge is 2.30. The first kappa shape index (κ1) is 19.7. The monoisotopic (exact) mass is 400 g/mol. The van der Waals surface area contributed by atoms with E-state index in [2.05, 4.69) is 31.2 Å². The molecule has 1 aliphatic heterocycles. The van der Waals surface area contributed by atoms with Gasteiger partial charge in [0.05, 0.1) is 19.4 Å². The molecule has 0 spiro atoms. The first-order valence-electron chi connectivity index (χ1n) is 10.2. The number of amides is 1. The lowest BCUT2D eigenvalue weighted by atomic mass is 9.92. The molecule has 0 saturated heterocycles. The highest BCUT2D eigenvalue weighted by atomic mass is 16.5. The second kappa shape index (κ2) is 7.33. The van der Waals surface area contributed by atoms with Crippen LogP contribution >= 0.6 is 0 Å². The van der Waals surface area contributed by atoms with Gasteiger partial charge < -0.3 is 15.2 Å². The van der Waals surface area contributed by atoms with Crippen molar-refractivity contribution < 1.29 is 14.6 Å². The Kier molecular flexibility index (Phi) is 4.98. The minimum absolute atomic E-state index is 0.0150. The summed E-state index contributed by atoms with van der Waals surface area (Å²) in [5.74, 6) is -0.831. The van der Waals surface area contributed by atoms with Gasteiger partial charge in [-0.3, -0.25) is 14.2 Å². The van der Waals surface area contributed by atoms with E-state index in [0.717, 1.165) is 30.4 Å². The molecule has 1 amide bonds. The molecule has 0 atom stereocenters. The standard InChI is InChI=1S/C21H28N4O4/c1-21(2,3)8-9-24-18-15(13-6-10-29-11-7-13)12-22-25(18)20(28)16(19(24)27)17(26)23-14-4-5-14/h6,12,14,27H,4-5,7-11H2,1-3H3,(H,23,26). The van der Waals surface area contributed by atoms with Crippen LogP contribution in [0.5, 0.6) is 5.88 Å². The molecule has 4 rings (SSSR count). The van der Waals surface area contributed by atoms with Gasteiger partial charge in [0.15, 0.2) is 5.56 Å². The minimum atomic E-state index is -0.596. The largest absolute Gasteiger partial charge is 0.494 e. The van der Waals surface area contributed by atoms with Crippen molar-refractivity contribution in [1.29, 1.82) is 0 Å². The van der Waals surface area contributed by atoms with Crippen LogP contribution in [0.15, 0.2) is 17.1 Å². The molecule has 1 fully saturated rings. The number of aromatic hydroxyl groups is 1. The molecule has 156 valence electrons. The van der Waals surface area contributed by atoms with Crippen LogP contribution < -0.4 is 10.9 Å². The van der Waals surface area contributed by atoms with Gasteiger partial charge in [-0.25, -0.2) is 0 Å². The SMILES string of the molecule is CC(C)(C)CCn1c(O)c(C(=O)NC2CC2)c(=O)n2ncc(C3=CCOCC3)c12. The van der Waals surface area contributed by atoms with Crippen LogP contribution in [-0.2, 0) is 11.3 Å². The molecular formula is C21H28N4O4. The molecule has 8 nitrogen and oxygen atoms in total. The molecule has 8 heteroatoms. The summed E-state index contributed by atoms with van der Waals surface area (Å²) in [5.41, 5.74) is 1.53. The Morgan fingerprint density at radius 3 is 2.76 bits per heavy atom. The summed E-state index contributed by atoms with van der Waals surface area (Å²) in [6.45, 7) is 7.91. The Morgan fingerprint density at radius 1 is 1.38 bits per heavy atom. The molecule has 0 bridgehead atoms. The van der Waals surface area contributed by atoms with Gasteiger partial charge in [0, 0.05) is 18.2 Å². The number of hydrogen-bond donors (Lipinski definition) is 2. The lowest BCUT2D eigenvalue weighted by molar-refractivity contribution is 0.0944. The Balaban J connectivity index is 1.89. The average molecular weight is 400 g/mol. The van der Waals surface area contributed by atoms with Crippen LogP contribution in [0.3, 0.4) is 0 Å². The quantitative estimate of drug-likeness (QED) is 0.803. The van der Waals surface area contributed by atoms with Crippen molar-refractivity contribution in [3.63, 3.8) is 0 Å². The number of ether oxygens (including phenoxy) is 1. The molecule has 1 saturated carbocycles. The summed E-state index contributed by atoms with van der Waals surface area (Å²) in [6.07, 6.45) is 6.88. The zero-order valence-electron chi connectivity index (χ0n) is 17.2. The van der Waals surface area contributed by atoms with E-state index < -0.39 is 11.5 Å². The van der Waals surface area contributed by atoms with Gasteiger partial charge in [0.1, 0.15) is 5.65 Å². The van der Waals surface area contributed by atoms with Crippen LogP contribution in [0.25, 0.3) is 11.2 Å². The van der Waals surface area contributed by atoms with Gasteiger partial charge in [0.25, 0.3) is 11.5 Å². The molecular weight excluding hydrogens is 372 g/mol. The van der Waals surface area contributed by atoms with E-state index in [0.29, 0.717) is 31.8 Å². The second-order valence-electron chi connectivity index (χ2n) is 9.06. The first-order chi connectivity index (χ1) is 13.8. The number of nitrogens with one attached hydrogen (secondary N) is 1. The highest BCUT2D eigenvalue weighted by molar-refractivity contribution is 5.97. The average Bonchev–Trinajstić information content (AvgIpc) is 3.36. The number of fused-ring (bicyclic) bond motifs is 1. The summed E-state index contributed by atoms with van der Waals surface area (Å²) in [4.78, 5) is 25.8. The van der Waals surface area contributed by atoms with Gasteiger partial charge in [-0.15, -0.1) is 0 Å².